The summed E-state index contributed by atoms with van der Waals surface area (Å²) in [5.74, 6) is 1.34. The van der Waals surface area contributed by atoms with E-state index in [-0.39, 0.29) is 18.7 Å². The molecule has 0 radical (unpaired) electrons. The summed E-state index contributed by atoms with van der Waals surface area (Å²) in [6.45, 7) is 0.227. The highest BCUT2D eigenvalue weighted by Crippen LogP contribution is 2.42. The topological polar surface area (TPSA) is 64.8 Å². The third kappa shape index (κ3) is 1.99. The van der Waals surface area contributed by atoms with E-state index in [2.05, 4.69) is 15.9 Å². The molecule has 2 atom stereocenters. The first kappa shape index (κ1) is 13.6. The lowest BCUT2D eigenvalue weighted by atomic mass is 9.88. The normalized spacial score (nSPS) is 22.6. The van der Waals surface area contributed by atoms with Gasteiger partial charge in [-0.2, -0.15) is 0 Å². The molecule has 2 aromatic rings. The van der Waals surface area contributed by atoms with Crippen LogP contribution in [0.4, 0.5) is 5.69 Å². The lowest BCUT2D eigenvalue weighted by Crippen LogP contribution is -2.63. The van der Waals surface area contributed by atoms with Crippen LogP contribution in [0, 0.1) is 0 Å². The van der Waals surface area contributed by atoms with Crippen molar-refractivity contribution in [2.45, 2.75) is 12.1 Å². The number of hydrogen-bond acceptors (Lipinski definition) is 4. The summed E-state index contributed by atoms with van der Waals surface area (Å²) in [4.78, 5) is 13.9. The van der Waals surface area contributed by atoms with Gasteiger partial charge in [0.2, 0.25) is 12.7 Å². The fourth-order valence-electron chi connectivity index (χ4n) is 2.85. The first-order chi connectivity index (χ1) is 10.6. The molecule has 0 aromatic heterocycles. The SMILES string of the molecule is NC1C(=O)N(c2ccc(Br)cc2)C1c1ccc2c(c1)OCO2. The van der Waals surface area contributed by atoms with E-state index in [0.29, 0.717) is 5.75 Å². The molecule has 0 bridgehead atoms. The third-order valence-electron chi connectivity index (χ3n) is 3.98. The van der Waals surface area contributed by atoms with Gasteiger partial charge in [0.1, 0.15) is 6.04 Å². The Morgan fingerprint density at radius 3 is 2.59 bits per heavy atom. The molecule has 5 nitrogen and oxygen atoms in total. The number of rotatable bonds is 2. The molecule has 4 rings (SSSR count). The van der Waals surface area contributed by atoms with Gasteiger partial charge < -0.3 is 20.1 Å². The van der Waals surface area contributed by atoms with Crippen molar-refractivity contribution in [3.8, 4) is 11.5 Å². The largest absolute Gasteiger partial charge is 0.454 e. The summed E-state index contributed by atoms with van der Waals surface area (Å²) in [6, 6.07) is 12.6. The summed E-state index contributed by atoms with van der Waals surface area (Å²) in [7, 11) is 0. The number of carbonyl (C=O) groups excluding carboxylic acids is 1. The third-order valence-corrected chi connectivity index (χ3v) is 4.51. The maximum absolute atomic E-state index is 12.2. The van der Waals surface area contributed by atoms with Gasteiger partial charge in [0.15, 0.2) is 11.5 Å². The van der Waals surface area contributed by atoms with Gasteiger partial charge >= 0.3 is 0 Å². The lowest BCUT2D eigenvalue weighted by molar-refractivity contribution is -0.126. The van der Waals surface area contributed by atoms with Crippen LogP contribution in [-0.2, 0) is 4.79 Å². The minimum absolute atomic E-state index is 0.0787. The molecule has 6 heteroatoms. The average molecular weight is 361 g/mol. The van der Waals surface area contributed by atoms with E-state index in [1.165, 1.54) is 0 Å². The average Bonchev–Trinajstić information content (AvgIpc) is 3.00. The van der Waals surface area contributed by atoms with Gasteiger partial charge in [0, 0.05) is 10.2 Å². The van der Waals surface area contributed by atoms with Crippen molar-refractivity contribution in [1.29, 1.82) is 0 Å². The van der Waals surface area contributed by atoms with Crippen molar-refractivity contribution in [3.05, 3.63) is 52.5 Å². The first-order valence-electron chi connectivity index (χ1n) is 6.89. The van der Waals surface area contributed by atoms with Gasteiger partial charge in [-0.1, -0.05) is 22.0 Å². The fraction of sp³-hybridized carbons (Fsp3) is 0.188. The van der Waals surface area contributed by atoms with E-state index in [1.54, 1.807) is 4.90 Å². The summed E-state index contributed by atoms with van der Waals surface area (Å²) in [5.41, 5.74) is 7.80. The number of hydrogen-bond donors (Lipinski definition) is 1. The van der Waals surface area contributed by atoms with Crippen molar-refractivity contribution in [2.24, 2.45) is 5.73 Å². The lowest BCUT2D eigenvalue weighted by Gasteiger charge is -2.45. The Bertz CT molecular complexity index is 748. The number of carbonyl (C=O) groups is 1. The van der Waals surface area contributed by atoms with Gasteiger partial charge in [-0.05, 0) is 42.0 Å². The number of amides is 1. The predicted octanol–water partition coefficient (Wildman–Crippen LogP) is 2.59. The van der Waals surface area contributed by atoms with Crippen molar-refractivity contribution >= 4 is 27.5 Å². The number of fused-ring (bicyclic) bond motifs is 1. The zero-order valence-corrected chi connectivity index (χ0v) is 13.1. The molecule has 1 saturated heterocycles. The van der Waals surface area contributed by atoms with Crippen LogP contribution in [0.1, 0.15) is 11.6 Å². The van der Waals surface area contributed by atoms with Gasteiger partial charge in [-0.25, -0.2) is 0 Å². The van der Waals surface area contributed by atoms with Crippen LogP contribution >= 0.6 is 15.9 Å². The molecule has 1 amide bonds. The highest BCUT2D eigenvalue weighted by molar-refractivity contribution is 9.10. The number of benzene rings is 2. The molecule has 22 heavy (non-hydrogen) atoms. The van der Waals surface area contributed by atoms with Crippen molar-refractivity contribution < 1.29 is 14.3 Å². The number of ether oxygens (including phenoxy) is 2. The number of anilines is 1. The summed E-state index contributed by atoms with van der Waals surface area (Å²) in [6.07, 6.45) is 0. The van der Waals surface area contributed by atoms with Crippen LogP contribution in [0.2, 0.25) is 0 Å². The number of β-lactam (4-membered cyclic amide) rings is 1. The summed E-state index contributed by atoms with van der Waals surface area (Å²) >= 11 is 3.40. The van der Waals surface area contributed by atoms with E-state index in [1.807, 2.05) is 42.5 Å². The second-order valence-corrected chi connectivity index (χ2v) is 6.18. The molecule has 0 aliphatic carbocycles. The summed E-state index contributed by atoms with van der Waals surface area (Å²) in [5, 5.41) is 0. The Kier molecular flexibility index (Phi) is 3.09. The quantitative estimate of drug-likeness (QED) is 0.836. The van der Waals surface area contributed by atoms with Crippen LogP contribution in [-0.4, -0.2) is 18.7 Å². The van der Waals surface area contributed by atoms with Gasteiger partial charge in [0.05, 0.1) is 6.04 Å². The van der Waals surface area contributed by atoms with Crippen LogP contribution in [0.3, 0.4) is 0 Å². The Morgan fingerprint density at radius 2 is 1.82 bits per heavy atom. The molecule has 2 aliphatic rings. The Hall–Kier alpha value is -2.05. The van der Waals surface area contributed by atoms with Crippen LogP contribution in [0.25, 0.3) is 0 Å². The zero-order valence-electron chi connectivity index (χ0n) is 11.5. The maximum Gasteiger partial charge on any atom is 0.247 e. The van der Waals surface area contributed by atoms with Gasteiger partial charge in [0.25, 0.3) is 0 Å². The molecule has 0 spiro atoms. The Balaban J connectivity index is 1.70. The molecule has 112 valence electrons. The predicted molar refractivity (Wildman–Crippen MR) is 84.9 cm³/mol. The standard InChI is InChI=1S/C16H13BrN2O3/c17-10-2-4-11(5-3-10)19-15(14(18)16(19)20)9-1-6-12-13(7-9)22-8-21-12/h1-7,14-15H,8,18H2. The smallest absolute Gasteiger partial charge is 0.247 e. The van der Waals surface area contributed by atoms with Gasteiger partial charge in [-0.3, -0.25) is 4.79 Å². The Labute approximate surface area is 135 Å². The van der Waals surface area contributed by atoms with E-state index in [9.17, 15) is 4.79 Å². The minimum Gasteiger partial charge on any atom is -0.454 e. The molecule has 2 unspecified atom stereocenters. The summed E-state index contributed by atoms with van der Waals surface area (Å²) < 4.78 is 11.7. The Morgan fingerprint density at radius 1 is 1.09 bits per heavy atom. The van der Waals surface area contributed by atoms with Crippen LogP contribution in [0.15, 0.2) is 46.9 Å². The molecular formula is C16H13BrN2O3. The van der Waals surface area contributed by atoms with Crippen LogP contribution in [0.5, 0.6) is 11.5 Å². The second-order valence-electron chi connectivity index (χ2n) is 5.27. The minimum atomic E-state index is -0.538. The van der Waals surface area contributed by atoms with Crippen molar-refractivity contribution in [2.75, 3.05) is 11.7 Å². The number of nitrogens with two attached hydrogens (primary N) is 1. The molecular weight excluding hydrogens is 348 g/mol. The van der Waals surface area contributed by atoms with E-state index < -0.39 is 6.04 Å². The maximum atomic E-state index is 12.2. The first-order valence-corrected chi connectivity index (χ1v) is 7.68. The second kappa shape index (κ2) is 5.00. The zero-order chi connectivity index (χ0) is 15.3. The van der Waals surface area contributed by atoms with Crippen LogP contribution < -0.4 is 20.1 Å². The van der Waals surface area contributed by atoms with Crippen molar-refractivity contribution in [3.63, 3.8) is 0 Å². The highest BCUT2D eigenvalue weighted by Gasteiger charge is 2.46. The fourth-order valence-corrected chi connectivity index (χ4v) is 3.12. The molecule has 2 aromatic carbocycles. The van der Waals surface area contributed by atoms with Crippen molar-refractivity contribution in [1.82, 2.24) is 0 Å². The van der Waals surface area contributed by atoms with Gasteiger partial charge in [-0.15, -0.1) is 0 Å². The highest BCUT2D eigenvalue weighted by atomic mass is 79.9. The number of halogens is 1. The van der Waals surface area contributed by atoms with E-state index in [0.717, 1.165) is 21.5 Å². The van der Waals surface area contributed by atoms with E-state index >= 15 is 0 Å². The molecule has 2 N–H and O–H groups in total. The number of nitrogens with zero attached hydrogens (tertiary/aromatic N) is 1. The molecule has 2 aliphatic heterocycles. The van der Waals surface area contributed by atoms with E-state index in [4.69, 9.17) is 15.2 Å². The molecule has 2 heterocycles. The molecule has 1 fully saturated rings. The monoisotopic (exact) mass is 360 g/mol. The molecule has 0 saturated carbocycles.